The van der Waals surface area contributed by atoms with Gasteiger partial charge in [-0.15, -0.1) is 0 Å². The van der Waals surface area contributed by atoms with E-state index in [2.05, 4.69) is 17.1 Å². The summed E-state index contributed by atoms with van der Waals surface area (Å²) >= 11 is 5.87. The van der Waals surface area contributed by atoms with Crippen molar-refractivity contribution in [3.63, 3.8) is 0 Å². The highest BCUT2D eigenvalue weighted by molar-refractivity contribution is 6.30. The molecule has 2 nitrogen and oxygen atoms in total. The number of nitrogens with one attached hydrogen (secondary N) is 1. The fourth-order valence-electron chi connectivity index (χ4n) is 3.64. The first-order valence-corrected chi connectivity index (χ1v) is 7.98. The molecular weight excluding hydrogens is 275 g/mol. The molecule has 110 valence electrons. The molecule has 1 aromatic rings. The van der Waals surface area contributed by atoms with Gasteiger partial charge in [-0.05, 0) is 50.4 Å². The van der Waals surface area contributed by atoms with Crippen LogP contribution in [-0.2, 0) is 0 Å². The Kier molecular flexibility index (Phi) is 4.29. The summed E-state index contributed by atoms with van der Waals surface area (Å²) in [4.78, 5) is 2.62. The normalized spacial score (nSPS) is 28.4. The quantitative estimate of drug-likeness (QED) is 0.914. The summed E-state index contributed by atoms with van der Waals surface area (Å²) in [5, 5.41) is 3.93. The van der Waals surface area contributed by atoms with Gasteiger partial charge < -0.3 is 5.32 Å². The monoisotopic (exact) mass is 296 g/mol. The molecule has 0 bridgehead atoms. The highest BCUT2D eigenvalue weighted by Gasteiger charge is 2.35. The zero-order chi connectivity index (χ0) is 14.1. The smallest absolute Gasteiger partial charge is 0.141 e. The summed E-state index contributed by atoms with van der Waals surface area (Å²) < 4.78 is 13.2. The largest absolute Gasteiger partial charge is 0.306 e. The van der Waals surface area contributed by atoms with Crippen LogP contribution in [0.1, 0.15) is 44.2 Å². The number of piperidine rings is 1. The van der Waals surface area contributed by atoms with Crippen molar-refractivity contribution in [1.82, 2.24) is 10.2 Å². The van der Waals surface area contributed by atoms with E-state index in [0.717, 1.165) is 5.56 Å². The predicted molar refractivity (Wildman–Crippen MR) is 80.6 cm³/mol. The lowest BCUT2D eigenvalue weighted by molar-refractivity contribution is 0.177. The third-order valence-corrected chi connectivity index (χ3v) is 5.05. The Hall–Kier alpha value is -0.640. The van der Waals surface area contributed by atoms with Gasteiger partial charge in [-0.2, -0.15) is 0 Å². The molecule has 0 aliphatic carbocycles. The van der Waals surface area contributed by atoms with Crippen molar-refractivity contribution in [3.8, 4) is 0 Å². The summed E-state index contributed by atoms with van der Waals surface area (Å²) in [5.41, 5.74) is 1.06. The molecule has 20 heavy (non-hydrogen) atoms. The van der Waals surface area contributed by atoms with E-state index in [-0.39, 0.29) is 16.9 Å². The third-order valence-electron chi connectivity index (χ3n) is 4.76. The van der Waals surface area contributed by atoms with Crippen molar-refractivity contribution in [2.24, 2.45) is 0 Å². The van der Waals surface area contributed by atoms with Crippen LogP contribution in [0.3, 0.4) is 0 Å². The second kappa shape index (κ2) is 6.00. The third kappa shape index (κ3) is 2.85. The van der Waals surface area contributed by atoms with Crippen LogP contribution < -0.4 is 5.32 Å². The molecular formula is C16H22ClFN2. The highest BCUT2D eigenvalue weighted by Crippen LogP contribution is 2.29. The molecule has 2 heterocycles. The van der Waals surface area contributed by atoms with E-state index in [1.807, 2.05) is 6.07 Å². The zero-order valence-corrected chi connectivity index (χ0v) is 12.7. The van der Waals surface area contributed by atoms with Crippen LogP contribution >= 0.6 is 11.6 Å². The second-order valence-electron chi connectivity index (χ2n) is 6.06. The van der Waals surface area contributed by atoms with Gasteiger partial charge in [0.2, 0.25) is 0 Å². The average Bonchev–Trinajstić information content (AvgIpc) is 2.85. The van der Waals surface area contributed by atoms with Crippen LogP contribution in [0.5, 0.6) is 0 Å². The van der Waals surface area contributed by atoms with Gasteiger partial charge in [-0.3, -0.25) is 4.90 Å². The molecule has 1 N–H and O–H groups in total. The Morgan fingerprint density at radius 2 is 2.15 bits per heavy atom. The van der Waals surface area contributed by atoms with Gasteiger partial charge in [0.05, 0.1) is 5.02 Å². The van der Waals surface area contributed by atoms with Crippen molar-refractivity contribution in [2.75, 3.05) is 13.1 Å². The van der Waals surface area contributed by atoms with Gasteiger partial charge in [-0.25, -0.2) is 4.39 Å². The molecule has 3 atom stereocenters. The predicted octanol–water partition coefficient (Wildman–Crippen LogP) is 3.76. The maximum Gasteiger partial charge on any atom is 0.141 e. The van der Waals surface area contributed by atoms with Crippen molar-refractivity contribution in [1.29, 1.82) is 0 Å². The number of nitrogens with zero attached hydrogens (tertiary/aromatic N) is 1. The Morgan fingerprint density at radius 1 is 1.30 bits per heavy atom. The fourth-order valence-corrected chi connectivity index (χ4v) is 3.83. The van der Waals surface area contributed by atoms with Gasteiger partial charge in [0.15, 0.2) is 0 Å². The molecule has 2 aliphatic rings. The van der Waals surface area contributed by atoms with Crippen molar-refractivity contribution < 1.29 is 4.39 Å². The van der Waals surface area contributed by atoms with E-state index in [1.54, 1.807) is 6.07 Å². The van der Waals surface area contributed by atoms with Gasteiger partial charge in [0.25, 0.3) is 0 Å². The van der Waals surface area contributed by atoms with E-state index in [1.165, 1.54) is 44.8 Å². The number of benzene rings is 1. The zero-order valence-electron chi connectivity index (χ0n) is 11.9. The molecule has 0 saturated carbocycles. The molecule has 0 amide bonds. The number of halogens is 2. The standard InChI is InChI=1S/C16H22ClFN2/c1-11(12-5-6-14(18)13(17)10-12)19-15-7-9-20-8-3-2-4-16(15)20/h5-6,10-11,15-16,19H,2-4,7-9H2,1H3. The lowest BCUT2D eigenvalue weighted by Gasteiger charge is -2.34. The minimum absolute atomic E-state index is 0.208. The molecule has 4 heteroatoms. The van der Waals surface area contributed by atoms with Gasteiger partial charge >= 0.3 is 0 Å². The lowest BCUT2D eigenvalue weighted by atomic mass is 9.97. The van der Waals surface area contributed by atoms with Crippen LogP contribution in [0, 0.1) is 5.82 Å². The van der Waals surface area contributed by atoms with Gasteiger partial charge in [0, 0.05) is 24.7 Å². The summed E-state index contributed by atoms with van der Waals surface area (Å²) in [6.45, 7) is 4.59. The Morgan fingerprint density at radius 3 is 2.95 bits per heavy atom. The molecule has 0 aromatic heterocycles. The van der Waals surface area contributed by atoms with E-state index >= 15 is 0 Å². The molecule has 3 rings (SSSR count). The molecule has 2 aliphatic heterocycles. The first-order valence-electron chi connectivity index (χ1n) is 7.60. The maximum atomic E-state index is 13.2. The topological polar surface area (TPSA) is 15.3 Å². The Bertz CT molecular complexity index is 480. The molecule has 1 aromatic carbocycles. The molecule has 0 radical (unpaired) electrons. The van der Waals surface area contributed by atoms with Crippen molar-refractivity contribution in [2.45, 2.75) is 50.7 Å². The number of hydrogen-bond donors (Lipinski definition) is 1. The second-order valence-corrected chi connectivity index (χ2v) is 6.46. The van der Waals surface area contributed by atoms with E-state index < -0.39 is 0 Å². The highest BCUT2D eigenvalue weighted by atomic mass is 35.5. The summed E-state index contributed by atoms with van der Waals surface area (Å²) in [7, 11) is 0. The molecule has 2 saturated heterocycles. The van der Waals surface area contributed by atoms with Crippen molar-refractivity contribution in [3.05, 3.63) is 34.6 Å². The molecule has 3 unspecified atom stereocenters. The SMILES string of the molecule is CC(NC1CCN2CCCCC12)c1ccc(F)c(Cl)c1. The van der Waals surface area contributed by atoms with E-state index in [4.69, 9.17) is 11.6 Å². The van der Waals surface area contributed by atoms with Crippen molar-refractivity contribution >= 4 is 11.6 Å². The summed E-state index contributed by atoms with van der Waals surface area (Å²) in [6.07, 6.45) is 5.20. The van der Waals surface area contributed by atoms with Crippen LogP contribution in [0.2, 0.25) is 5.02 Å². The summed E-state index contributed by atoms with van der Waals surface area (Å²) in [6, 6.07) is 6.46. The van der Waals surface area contributed by atoms with Crippen LogP contribution in [0.25, 0.3) is 0 Å². The summed E-state index contributed by atoms with van der Waals surface area (Å²) in [5.74, 6) is -0.345. The Labute approximate surface area is 125 Å². The van der Waals surface area contributed by atoms with E-state index in [9.17, 15) is 4.39 Å². The molecule has 0 spiro atoms. The fraction of sp³-hybridized carbons (Fsp3) is 0.625. The molecule has 2 fully saturated rings. The number of fused-ring (bicyclic) bond motifs is 1. The first kappa shape index (κ1) is 14.3. The van der Waals surface area contributed by atoms with Crippen LogP contribution in [0.4, 0.5) is 4.39 Å². The lowest BCUT2D eigenvalue weighted by Crippen LogP contribution is -2.45. The Balaban J connectivity index is 1.66. The minimum Gasteiger partial charge on any atom is -0.306 e. The van der Waals surface area contributed by atoms with Gasteiger partial charge in [0.1, 0.15) is 5.82 Å². The maximum absolute atomic E-state index is 13.2. The number of rotatable bonds is 3. The number of hydrogen-bond acceptors (Lipinski definition) is 2. The average molecular weight is 297 g/mol. The van der Waals surface area contributed by atoms with Crippen LogP contribution in [0.15, 0.2) is 18.2 Å². The van der Waals surface area contributed by atoms with Gasteiger partial charge in [-0.1, -0.05) is 24.1 Å². The van der Waals surface area contributed by atoms with Crippen LogP contribution in [-0.4, -0.2) is 30.1 Å². The first-order chi connectivity index (χ1) is 9.65. The minimum atomic E-state index is -0.345. The van der Waals surface area contributed by atoms with E-state index in [0.29, 0.717) is 12.1 Å².